The van der Waals surface area contributed by atoms with Crippen molar-refractivity contribution in [3.63, 3.8) is 0 Å². The molecule has 0 aromatic heterocycles. The van der Waals surface area contributed by atoms with Gasteiger partial charge in [-0.2, -0.15) is 0 Å². The van der Waals surface area contributed by atoms with Crippen LogP contribution in [0.1, 0.15) is 194 Å². The summed E-state index contributed by atoms with van der Waals surface area (Å²) in [5, 5.41) is 0. The summed E-state index contributed by atoms with van der Waals surface area (Å²) in [6.45, 7) is 4.88. The molecule has 8 nitrogen and oxygen atoms in total. The molecule has 0 rings (SSSR count). The molecule has 3 N–H and O–H groups in total. The Morgan fingerprint density at radius 2 is 1.02 bits per heavy atom. The monoisotopic (exact) mass is 756 g/mol. The number of unbranched alkanes of at least 4 members (excludes halogenated alkanes) is 22. The number of allylic oxidation sites excluding steroid dienone is 6. The van der Waals surface area contributed by atoms with E-state index in [0.717, 1.165) is 64.2 Å². The molecule has 0 heterocycles. The van der Waals surface area contributed by atoms with Gasteiger partial charge >= 0.3 is 13.8 Å². The van der Waals surface area contributed by atoms with Gasteiger partial charge in [-0.3, -0.25) is 13.8 Å². The Morgan fingerprint density at radius 1 is 0.577 bits per heavy atom. The average Bonchev–Trinajstić information content (AvgIpc) is 3.13. The topological polar surface area (TPSA) is 117 Å². The van der Waals surface area contributed by atoms with Crippen molar-refractivity contribution in [3.05, 3.63) is 36.5 Å². The van der Waals surface area contributed by atoms with E-state index in [2.05, 4.69) is 50.3 Å². The predicted octanol–water partition coefficient (Wildman–Crippen LogP) is 12.6. The highest BCUT2D eigenvalue weighted by atomic mass is 31.2. The number of esters is 1. The van der Waals surface area contributed by atoms with Crippen molar-refractivity contribution in [1.82, 2.24) is 0 Å². The zero-order valence-corrected chi connectivity index (χ0v) is 34.7. The summed E-state index contributed by atoms with van der Waals surface area (Å²) in [6, 6.07) is 0. The maximum Gasteiger partial charge on any atom is 0.472 e. The lowest BCUT2D eigenvalue weighted by molar-refractivity contribution is -0.154. The van der Waals surface area contributed by atoms with Crippen molar-refractivity contribution in [3.8, 4) is 0 Å². The van der Waals surface area contributed by atoms with Crippen molar-refractivity contribution in [2.45, 2.75) is 200 Å². The van der Waals surface area contributed by atoms with E-state index in [9.17, 15) is 14.3 Å². The van der Waals surface area contributed by atoms with Gasteiger partial charge in [0.15, 0.2) is 0 Å². The van der Waals surface area contributed by atoms with Crippen molar-refractivity contribution in [1.29, 1.82) is 0 Å². The van der Waals surface area contributed by atoms with Gasteiger partial charge in [0.05, 0.1) is 19.8 Å². The van der Waals surface area contributed by atoms with Crippen LogP contribution >= 0.6 is 7.82 Å². The molecular formula is C43H82NO7P. The van der Waals surface area contributed by atoms with E-state index in [4.69, 9.17) is 24.3 Å². The van der Waals surface area contributed by atoms with Crippen LogP contribution in [0, 0.1) is 0 Å². The minimum atomic E-state index is -4.28. The quantitative estimate of drug-likeness (QED) is 0.0274. The number of nitrogens with two attached hydrogens (primary N) is 1. The highest BCUT2D eigenvalue weighted by molar-refractivity contribution is 7.47. The molecule has 0 radical (unpaired) electrons. The molecule has 2 atom stereocenters. The van der Waals surface area contributed by atoms with E-state index in [1.807, 2.05) is 0 Å². The lowest BCUT2D eigenvalue weighted by Crippen LogP contribution is -2.28. The normalized spacial score (nSPS) is 13.8. The molecule has 0 spiro atoms. The minimum absolute atomic E-state index is 0.0969. The van der Waals surface area contributed by atoms with Crippen LogP contribution in [-0.2, 0) is 27.9 Å². The summed E-state index contributed by atoms with van der Waals surface area (Å²) in [4.78, 5) is 22.5. The first kappa shape index (κ1) is 50.7. The third-order valence-corrected chi connectivity index (χ3v) is 10.0. The Bertz CT molecular complexity index is 895. The van der Waals surface area contributed by atoms with Gasteiger partial charge in [0.1, 0.15) is 6.10 Å². The van der Waals surface area contributed by atoms with E-state index in [0.29, 0.717) is 13.0 Å². The molecule has 0 saturated carbocycles. The molecule has 9 heteroatoms. The highest BCUT2D eigenvalue weighted by Gasteiger charge is 2.25. The Morgan fingerprint density at radius 3 is 1.54 bits per heavy atom. The van der Waals surface area contributed by atoms with E-state index < -0.39 is 13.9 Å². The SMILES string of the molecule is CCCCCC/C=C\C/C=C\CCCCCCCCOCC(COP(=O)(O)OCCN)OC(=O)CCCCCCC/C=C\CCCCCCCCC. The maximum atomic E-state index is 12.6. The summed E-state index contributed by atoms with van der Waals surface area (Å²) in [6.07, 6.45) is 45.8. The summed E-state index contributed by atoms with van der Waals surface area (Å²) < 4.78 is 33.4. The number of carbonyl (C=O) groups excluding carboxylic acids is 1. The van der Waals surface area contributed by atoms with Crippen molar-refractivity contribution >= 4 is 13.8 Å². The number of rotatable bonds is 41. The summed E-state index contributed by atoms with van der Waals surface area (Å²) >= 11 is 0. The zero-order valence-electron chi connectivity index (χ0n) is 33.8. The van der Waals surface area contributed by atoms with E-state index in [1.165, 1.54) is 109 Å². The van der Waals surface area contributed by atoms with Gasteiger partial charge in [-0.15, -0.1) is 0 Å². The molecule has 0 bridgehead atoms. The van der Waals surface area contributed by atoms with Crippen LogP contribution in [0.5, 0.6) is 0 Å². The molecule has 52 heavy (non-hydrogen) atoms. The summed E-state index contributed by atoms with van der Waals surface area (Å²) in [5.41, 5.74) is 5.36. The first-order valence-corrected chi connectivity index (χ1v) is 23.0. The Hall–Kier alpha value is -1.28. The van der Waals surface area contributed by atoms with Crippen LogP contribution < -0.4 is 5.73 Å². The molecular weight excluding hydrogens is 673 g/mol. The number of hydrogen-bond donors (Lipinski definition) is 2. The Labute approximate surface area is 320 Å². The fraction of sp³-hybridized carbons (Fsp3) is 0.837. The maximum absolute atomic E-state index is 12.6. The van der Waals surface area contributed by atoms with Crippen LogP contribution in [0.25, 0.3) is 0 Å². The Kier molecular flexibility index (Phi) is 39.9. The summed E-state index contributed by atoms with van der Waals surface area (Å²) in [7, 11) is -4.28. The third kappa shape index (κ3) is 39.9. The van der Waals surface area contributed by atoms with Crippen molar-refractivity contribution in [2.75, 3.05) is 33.0 Å². The smallest absolute Gasteiger partial charge is 0.457 e. The minimum Gasteiger partial charge on any atom is -0.457 e. The molecule has 0 saturated heterocycles. The number of hydrogen-bond acceptors (Lipinski definition) is 7. The van der Waals surface area contributed by atoms with Gasteiger partial charge in [-0.25, -0.2) is 4.57 Å². The van der Waals surface area contributed by atoms with Crippen molar-refractivity contribution < 1.29 is 32.8 Å². The van der Waals surface area contributed by atoms with E-state index >= 15 is 0 Å². The molecule has 0 fully saturated rings. The molecule has 0 aliphatic heterocycles. The summed E-state index contributed by atoms with van der Waals surface area (Å²) in [5.74, 6) is -0.342. The second-order valence-electron chi connectivity index (χ2n) is 14.2. The Balaban J connectivity index is 4.07. The van der Waals surface area contributed by atoms with Crippen molar-refractivity contribution in [2.24, 2.45) is 5.73 Å². The van der Waals surface area contributed by atoms with Crippen LogP contribution in [0.15, 0.2) is 36.5 Å². The lowest BCUT2D eigenvalue weighted by Gasteiger charge is -2.20. The first-order valence-electron chi connectivity index (χ1n) is 21.5. The van der Waals surface area contributed by atoms with Gasteiger partial charge in [0, 0.05) is 19.6 Å². The standard InChI is InChI=1S/C43H82NO7P/c1-3-5-7-9-11-13-15-17-19-21-23-25-27-29-31-33-35-38-48-40-42(41-50-52(46,47)49-39-37-44)51-43(45)36-34-32-30-28-26-24-22-20-18-16-14-12-10-8-6-4-2/h13,15,19-22,42H,3-12,14,16-18,23-41,44H2,1-2H3,(H,46,47)/b15-13-,21-19-,22-20-. The van der Waals surface area contributed by atoms with Gasteiger partial charge < -0.3 is 20.1 Å². The van der Waals surface area contributed by atoms with Crippen LogP contribution in [-0.4, -0.2) is 49.9 Å². The number of phosphoric acid groups is 1. The average molecular weight is 756 g/mol. The number of ether oxygens (including phenoxy) is 2. The second-order valence-corrected chi connectivity index (χ2v) is 15.7. The molecule has 0 aromatic rings. The highest BCUT2D eigenvalue weighted by Crippen LogP contribution is 2.43. The number of phosphoric ester groups is 1. The number of carbonyl (C=O) groups is 1. The van der Waals surface area contributed by atoms with Gasteiger partial charge in [-0.05, 0) is 70.6 Å². The van der Waals surface area contributed by atoms with Gasteiger partial charge in [-0.1, -0.05) is 153 Å². The third-order valence-electron chi connectivity index (χ3n) is 9.03. The fourth-order valence-corrected chi connectivity index (χ4v) is 6.61. The van der Waals surface area contributed by atoms with Crippen LogP contribution in [0.2, 0.25) is 0 Å². The fourth-order valence-electron chi connectivity index (χ4n) is 5.84. The lowest BCUT2D eigenvalue weighted by atomic mass is 10.1. The molecule has 0 aliphatic carbocycles. The molecule has 306 valence electrons. The molecule has 0 amide bonds. The zero-order chi connectivity index (χ0) is 38.1. The largest absolute Gasteiger partial charge is 0.472 e. The van der Waals surface area contributed by atoms with Crippen LogP contribution in [0.4, 0.5) is 0 Å². The molecule has 2 unspecified atom stereocenters. The van der Waals surface area contributed by atoms with Crippen LogP contribution in [0.3, 0.4) is 0 Å². The second kappa shape index (κ2) is 40.9. The van der Waals surface area contributed by atoms with E-state index in [1.54, 1.807) is 0 Å². The van der Waals surface area contributed by atoms with E-state index in [-0.39, 0.29) is 32.3 Å². The van der Waals surface area contributed by atoms with Gasteiger partial charge in [0.25, 0.3) is 0 Å². The molecule has 0 aliphatic rings. The van der Waals surface area contributed by atoms with Gasteiger partial charge in [0.2, 0.25) is 0 Å². The molecule has 0 aromatic carbocycles. The predicted molar refractivity (Wildman–Crippen MR) is 220 cm³/mol. The first-order chi connectivity index (χ1) is 25.4.